The summed E-state index contributed by atoms with van der Waals surface area (Å²) < 4.78 is 16.8. The Labute approximate surface area is 181 Å². The number of para-hydroxylation sites is 1. The molecule has 1 heterocycles. The van der Waals surface area contributed by atoms with Gasteiger partial charge in [-0.3, -0.25) is 4.79 Å². The van der Waals surface area contributed by atoms with Crippen LogP contribution >= 0.6 is 0 Å². The first-order valence-electron chi connectivity index (χ1n) is 10.2. The fourth-order valence-corrected chi connectivity index (χ4v) is 3.01. The molecule has 0 bridgehead atoms. The number of carbonyl (C=O) groups excluding carboxylic acids is 2. The lowest BCUT2D eigenvalue weighted by Gasteiger charge is -2.15. The van der Waals surface area contributed by atoms with Crippen molar-refractivity contribution in [3.63, 3.8) is 0 Å². The molecule has 0 spiro atoms. The Morgan fingerprint density at radius 1 is 1.03 bits per heavy atom. The molecule has 0 aliphatic carbocycles. The number of ether oxygens (including phenoxy) is 2. The maximum absolute atomic E-state index is 12.8. The van der Waals surface area contributed by atoms with Crippen LogP contribution in [0.4, 0.5) is 11.4 Å². The van der Waals surface area contributed by atoms with Crippen LogP contribution in [0.15, 0.2) is 52.9 Å². The molecule has 31 heavy (non-hydrogen) atoms. The van der Waals surface area contributed by atoms with Gasteiger partial charge in [0.15, 0.2) is 6.10 Å². The molecular weight excluding hydrogens is 396 g/mol. The van der Waals surface area contributed by atoms with Gasteiger partial charge in [-0.05, 0) is 51.1 Å². The number of amides is 1. The highest BCUT2D eigenvalue weighted by Crippen LogP contribution is 2.28. The summed E-state index contributed by atoms with van der Waals surface area (Å²) in [5.74, 6) is -1.08. The van der Waals surface area contributed by atoms with E-state index in [1.807, 2.05) is 63.2 Å². The van der Waals surface area contributed by atoms with Crippen LogP contribution in [0.5, 0.6) is 0 Å². The summed E-state index contributed by atoms with van der Waals surface area (Å²) >= 11 is 0. The van der Waals surface area contributed by atoms with E-state index in [2.05, 4.69) is 5.32 Å². The zero-order valence-electron chi connectivity index (χ0n) is 18.5. The summed E-state index contributed by atoms with van der Waals surface area (Å²) in [6.07, 6.45) is -1.02. The highest BCUT2D eigenvalue weighted by molar-refractivity contribution is 5.99. The molecule has 0 aliphatic rings. The van der Waals surface area contributed by atoms with Crippen molar-refractivity contribution in [3.05, 3.63) is 59.9 Å². The summed E-state index contributed by atoms with van der Waals surface area (Å²) in [7, 11) is 3.88. The molecule has 7 heteroatoms. The van der Waals surface area contributed by atoms with Crippen LogP contribution in [-0.4, -0.2) is 38.2 Å². The zero-order valence-corrected chi connectivity index (χ0v) is 18.5. The van der Waals surface area contributed by atoms with Gasteiger partial charge in [0.25, 0.3) is 5.91 Å². The second kappa shape index (κ2) is 9.66. The third-order valence-electron chi connectivity index (χ3n) is 4.75. The van der Waals surface area contributed by atoms with Crippen LogP contribution in [0, 0.1) is 0 Å². The van der Waals surface area contributed by atoms with E-state index in [0.717, 1.165) is 11.1 Å². The maximum Gasteiger partial charge on any atom is 0.375 e. The fraction of sp³-hybridized carbons (Fsp3) is 0.333. The van der Waals surface area contributed by atoms with E-state index < -0.39 is 18.0 Å². The minimum Gasteiger partial charge on any atom is -0.449 e. The van der Waals surface area contributed by atoms with Crippen LogP contribution in [0.25, 0.3) is 11.0 Å². The van der Waals surface area contributed by atoms with Crippen LogP contribution < -0.4 is 10.2 Å². The molecule has 0 saturated carbocycles. The molecule has 1 unspecified atom stereocenters. The molecule has 0 fully saturated rings. The van der Waals surface area contributed by atoms with Crippen molar-refractivity contribution in [2.45, 2.75) is 39.6 Å². The van der Waals surface area contributed by atoms with E-state index in [9.17, 15) is 9.59 Å². The quantitative estimate of drug-likeness (QED) is 0.532. The topological polar surface area (TPSA) is 81.0 Å². The number of hydrogen-bond donors (Lipinski definition) is 1. The SMILES string of the molecule is CC(C)OCc1c(C(=O)OC(C)C(=O)Nc2ccc(N(C)C)cc2)oc2ccccc12. The van der Waals surface area contributed by atoms with E-state index in [4.69, 9.17) is 13.9 Å². The number of esters is 1. The molecule has 1 amide bonds. The number of benzene rings is 2. The number of fused-ring (bicyclic) bond motifs is 1. The van der Waals surface area contributed by atoms with Crippen molar-refractivity contribution in [2.75, 3.05) is 24.3 Å². The van der Waals surface area contributed by atoms with Crippen LogP contribution in [-0.2, 0) is 20.9 Å². The predicted octanol–water partition coefficient (Wildman–Crippen LogP) is 4.61. The van der Waals surface area contributed by atoms with E-state index in [-0.39, 0.29) is 18.5 Å². The van der Waals surface area contributed by atoms with E-state index in [1.54, 1.807) is 18.2 Å². The van der Waals surface area contributed by atoms with Crippen molar-refractivity contribution in [2.24, 2.45) is 0 Å². The highest BCUT2D eigenvalue weighted by atomic mass is 16.6. The van der Waals surface area contributed by atoms with Gasteiger partial charge in [0.2, 0.25) is 5.76 Å². The highest BCUT2D eigenvalue weighted by Gasteiger charge is 2.26. The third-order valence-corrected chi connectivity index (χ3v) is 4.75. The lowest BCUT2D eigenvalue weighted by atomic mass is 10.1. The molecule has 0 saturated heterocycles. The summed E-state index contributed by atoms with van der Waals surface area (Å²) in [5, 5.41) is 3.54. The van der Waals surface area contributed by atoms with Crippen molar-refractivity contribution in [1.29, 1.82) is 0 Å². The van der Waals surface area contributed by atoms with E-state index >= 15 is 0 Å². The van der Waals surface area contributed by atoms with Crippen LogP contribution in [0.2, 0.25) is 0 Å². The van der Waals surface area contributed by atoms with E-state index in [1.165, 1.54) is 6.92 Å². The number of nitrogens with zero attached hydrogens (tertiary/aromatic N) is 1. The van der Waals surface area contributed by atoms with Gasteiger partial charge in [0.1, 0.15) is 5.58 Å². The average molecular weight is 424 g/mol. The molecule has 1 N–H and O–H groups in total. The van der Waals surface area contributed by atoms with Gasteiger partial charge in [-0.15, -0.1) is 0 Å². The number of carbonyl (C=O) groups is 2. The maximum atomic E-state index is 12.8. The molecular formula is C24H28N2O5. The molecule has 0 aliphatic heterocycles. The summed E-state index contributed by atoms with van der Waals surface area (Å²) in [6.45, 7) is 5.56. The molecule has 164 valence electrons. The summed E-state index contributed by atoms with van der Waals surface area (Å²) in [6, 6.07) is 14.7. The van der Waals surface area contributed by atoms with Gasteiger partial charge in [0, 0.05) is 36.4 Å². The Balaban J connectivity index is 1.72. The van der Waals surface area contributed by atoms with Crippen LogP contribution in [0.1, 0.15) is 36.9 Å². The predicted molar refractivity (Wildman–Crippen MR) is 120 cm³/mol. The normalized spacial score (nSPS) is 12.1. The minimum atomic E-state index is -1.01. The fourth-order valence-electron chi connectivity index (χ4n) is 3.01. The summed E-state index contributed by atoms with van der Waals surface area (Å²) in [4.78, 5) is 27.3. The van der Waals surface area contributed by atoms with Gasteiger partial charge < -0.3 is 24.1 Å². The Hall–Kier alpha value is -3.32. The molecule has 1 aromatic heterocycles. The number of rotatable bonds is 8. The van der Waals surface area contributed by atoms with Gasteiger partial charge in [-0.25, -0.2) is 4.79 Å². The Morgan fingerprint density at radius 2 is 1.71 bits per heavy atom. The first-order valence-corrected chi connectivity index (χ1v) is 10.2. The number of nitrogens with one attached hydrogen (secondary N) is 1. The van der Waals surface area contributed by atoms with Crippen molar-refractivity contribution in [1.82, 2.24) is 0 Å². The molecule has 7 nitrogen and oxygen atoms in total. The second-order valence-electron chi connectivity index (χ2n) is 7.74. The summed E-state index contributed by atoms with van der Waals surface area (Å²) in [5.41, 5.74) is 2.81. The molecule has 3 aromatic rings. The van der Waals surface area contributed by atoms with Crippen molar-refractivity contribution < 1.29 is 23.5 Å². The molecule has 0 radical (unpaired) electrons. The molecule has 2 aromatic carbocycles. The Bertz CT molecular complexity index is 1050. The number of hydrogen-bond acceptors (Lipinski definition) is 6. The molecule has 3 rings (SSSR count). The lowest BCUT2D eigenvalue weighted by Crippen LogP contribution is -2.30. The lowest BCUT2D eigenvalue weighted by molar-refractivity contribution is -0.123. The third kappa shape index (κ3) is 5.44. The largest absolute Gasteiger partial charge is 0.449 e. The number of furan rings is 1. The smallest absolute Gasteiger partial charge is 0.375 e. The van der Waals surface area contributed by atoms with Crippen molar-refractivity contribution in [3.8, 4) is 0 Å². The van der Waals surface area contributed by atoms with E-state index in [0.29, 0.717) is 16.8 Å². The first-order chi connectivity index (χ1) is 14.8. The first kappa shape index (κ1) is 22.4. The van der Waals surface area contributed by atoms with Gasteiger partial charge in [-0.2, -0.15) is 0 Å². The van der Waals surface area contributed by atoms with Crippen LogP contribution in [0.3, 0.4) is 0 Å². The van der Waals surface area contributed by atoms with Crippen molar-refractivity contribution >= 4 is 34.2 Å². The van der Waals surface area contributed by atoms with Gasteiger partial charge >= 0.3 is 5.97 Å². The minimum absolute atomic E-state index is 0.0129. The second-order valence-corrected chi connectivity index (χ2v) is 7.74. The zero-order chi connectivity index (χ0) is 22.5. The van der Waals surface area contributed by atoms with Gasteiger partial charge in [-0.1, -0.05) is 18.2 Å². The average Bonchev–Trinajstić information content (AvgIpc) is 3.11. The number of anilines is 2. The Morgan fingerprint density at radius 3 is 2.35 bits per heavy atom. The van der Waals surface area contributed by atoms with Gasteiger partial charge in [0.05, 0.1) is 12.7 Å². The standard InChI is InChI=1S/C24H28N2O5/c1-15(2)29-14-20-19-8-6-7-9-21(19)31-22(20)24(28)30-16(3)23(27)25-17-10-12-18(13-11-17)26(4)5/h6-13,15-16H,14H2,1-5H3,(H,25,27). The Kier molecular flexibility index (Phi) is 6.97. The monoisotopic (exact) mass is 424 g/mol. The molecule has 1 atom stereocenters.